The predicted molar refractivity (Wildman–Crippen MR) is 94.2 cm³/mol. The third-order valence-electron chi connectivity index (χ3n) is 4.35. The Bertz CT molecular complexity index is 872. The van der Waals surface area contributed by atoms with Crippen molar-refractivity contribution in [3.05, 3.63) is 30.4 Å². The number of piperazine rings is 1. The number of hydrogen-bond donors (Lipinski definition) is 0. The Morgan fingerprint density at radius 2 is 1.84 bits per heavy atom. The average Bonchev–Trinajstić information content (AvgIpc) is 3.04. The van der Waals surface area contributed by atoms with Crippen molar-refractivity contribution in [3.8, 4) is 5.75 Å². The molecule has 1 aliphatic rings. The van der Waals surface area contributed by atoms with Gasteiger partial charge in [-0.15, -0.1) is 0 Å². The summed E-state index contributed by atoms with van der Waals surface area (Å²) in [7, 11) is 0. The van der Waals surface area contributed by atoms with Crippen LogP contribution in [0.3, 0.4) is 0 Å². The highest BCUT2D eigenvalue weighted by Crippen LogP contribution is 2.29. The van der Waals surface area contributed by atoms with Crippen LogP contribution < -0.4 is 14.5 Å². The molecule has 1 fully saturated rings. The van der Waals surface area contributed by atoms with Crippen molar-refractivity contribution in [2.24, 2.45) is 0 Å². The number of ether oxygens (including phenoxy) is 1. The van der Waals surface area contributed by atoms with Crippen LogP contribution in [0.2, 0.25) is 0 Å². The molecule has 1 saturated heterocycles. The summed E-state index contributed by atoms with van der Waals surface area (Å²) < 4.78 is 11.0. The van der Waals surface area contributed by atoms with E-state index in [0.717, 1.165) is 54.6 Å². The van der Waals surface area contributed by atoms with Crippen molar-refractivity contribution >= 4 is 22.7 Å². The lowest BCUT2D eigenvalue weighted by atomic mass is 10.2. The fourth-order valence-corrected chi connectivity index (χ4v) is 3.16. The summed E-state index contributed by atoms with van der Waals surface area (Å²) >= 11 is 0. The Morgan fingerprint density at radius 3 is 2.60 bits per heavy atom. The van der Waals surface area contributed by atoms with Crippen molar-refractivity contribution in [2.45, 2.75) is 13.8 Å². The second kappa shape index (κ2) is 6.54. The smallest absolute Gasteiger partial charge is 0.263 e. The molecule has 0 aliphatic carbocycles. The summed E-state index contributed by atoms with van der Waals surface area (Å²) in [6.45, 7) is 7.87. The van der Waals surface area contributed by atoms with Gasteiger partial charge in [0.1, 0.15) is 17.5 Å². The first kappa shape index (κ1) is 15.6. The third-order valence-corrected chi connectivity index (χ3v) is 4.35. The highest BCUT2D eigenvalue weighted by atomic mass is 16.5. The van der Waals surface area contributed by atoms with Gasteiger partial charge in [-0.2, -0.15) is 4.98 Å². The van der Waals surface area contributed by atoms with E-state index >= 15 is 0 Å². The summed E-state index contributed by atoms with van der Waals surface area (Å²) in [5.74, 6) is 2.62. The second-order valence-corrected chi connectivity index (χ2v) is 5.88. The van der Waals surface area contributed by atoms with Crippen LogP contribution in [0.5, 0.6) is 5.75 Å². The summed E-state index contributed by atoms with van der Waals surface area (Å²) in [5.41, 5.74) is 1.35. The van der Waals surface area contributed by atoms with Gasteiger partial charge in [-0.25, -0.2) is 9.97 Å². The number of aromatic nitrogens is 4. The van der Waals surface area contributed by atoms with Crippen LogP contribution in [0.15, 0.2) is 29.2 Å². The van der Waals surface area contributed by atoms with Crippen molar-refractivity contribution < 1.29 is 9.26 Å². The van der Waals surface area contributed by atoms with Gasteiger partial charge in [0.2, 0.25) is 0 Å². The zero-order chi connectivity index (χ0) is 17.2. The van der Waals surface area contributed by atoms with Gasteiger partial charge in [0.05, 0.1) is 12.3 Å². The monoisotopic (exact) mass is 340 g/mol. The maximum absolute atomic E-state index is 5.71. The minimum absolute atomic E-state index is 0.535. The van der Waals surface area contributed by atoms with Crippen LogP contribution in [0.25, 0.3) is 11.1 Å². The van der Waals surface area contributed by atoms with Gasteiger partial charge in [-0.1, -0.05) is 5.16 Å². The fraction of sp³-hybridized carbons (Fsp3) is 0.412. The lowest BCUT2D eigenvalue weighted by molar-refractivity contribution is 0.338. The Kier molecular flexibility index (Phi) is 4.09. The second-order valence-electron chi connectivity index (χ2n) is 5.88. The molecule has 8 heteroatoms. The molecule has 4 heterocycles. The van der Waals surface area contributed by atoms with Gasteiger partial charge < -0.3 is 19.1 Å². The number of nitrogens with zero attached hydrogens (tertiary/aromatic N) is 6. The van der Waals surface area contributed by atoms with Crippen LogP contribution >= 0.6 is 0 Å². The molecule has 0 N–H and O–H groups in total. The molecule has 1 aliphatic heterocycles. The molecule has 3 aromatic heterocycles. The van der Waals surface area contributed by atoms with Gasteiger partial charge in [-0.3, -0.25) is 0 Å². The summed E-state index contributed by atoms with van der Waals surface area (Å²) in [4.78, 5) is 17.6. The maximum Gasteiger partial charge on any atom is 0.263 e. The normalized spacial score (nSPS) is 15.0. The van der Waals surface area contributed by atoms with Gasteiger partial charge in [0, 0.05) is 32.4 Å². The molecule has 4 rings (SSSR count). The molecule has 0 amide bonds. The number of fused-ring (bicyclic) bond motifs is 1. The van der Waals surface area contributed by atoms with E-state index in [0.29, 0.717) is 12.3 Å². The molecule has 0 aromatic carbocycles. The molecule has 8 nitrogen and oxygen atoms in total. The molecule has 0 atom stereocenters. The minimum Gasteiger partial charge on any atom is -0.490 e. The van der Waals surface area contributed by atoms with Crippen molar-refractivity contribution in [1.82, 2.24) is 20.1 Å². The number of rotatable bonds is 4. The molecule has 130 valence electrons. The average molecular weight is 340 g/mol. The molecule has 3 aromatic rings. The molecule has 0 spiro atoms. The van der Waals surface area contributed by atoms with Crippen LogP contribution in [0, 0.1) is 6.92 Å². The van der Waals surface area contributed by atoms with E-state index in [1.54, 1.807) is 6.20 Å². The maximum atomic E-state index is 5.71. The first-order chi connectivity index (χ1) is 12.3. The molecule has 0 unspecified atom stereocenters. The number of anilines is 2. The van der Waals surface area contributed by atoms with E-state index in [-0.39, 0.29) is 0 Å². The van der Waals surface area contributed by atoms with E-state index in [9.17, 15) is 0 Å². The van der Waals surface area contributed by atoms with Crippen LogP contribution in [-0.2, 0) is 0 Å². The van der Waals surface area contributed by atoms with E-state index in [1.165, 1.54) is 6.33 Å². The zero-order valence-electron chi connectivity index (χ0n) is 14.3. The first-order valence-electron chi connectivity index (χ1n) is 8.42. The largest absolute Gasteiger partial charge is 0.490 e. The van der Waals surface area contributed by atoms with E-state index in [2.05, 4.69) is 29.9 Å². The quantitative estimate of drug-likeness (QED) is 0.714. The minimum atomic E-state index is 0.535. The van der Waals surface area contributed by atoms with Crippen molar-refractivity contribution in [1.29, 1.82) is 0 Å². The fourth-order valence-electron chi connectivity index (χ4n) is 3.16. The van der Waals surface area contributed by atoms with Gasteiger partial charge in [0.25, 0.3) is 5.71 Å². The predicted octanol–water partition coefficient (Wildman–Crippen LogP) is 2.05. The third kappa shape index (κ3) is 2.84. The van der Waals surface area contributed by atoms with Crippen molar-refractivity contribution in [3.63, 3.8) is 0 Å². The van der Waals surface area contributed by atoms with E-state index in [4.69, 9.17) is 9.26 Å². The number of aryl methyl sites for hydroxylation is 1. The van der Waals surface area contributed by atoms with Crippen LogP contribution in [-0.4, -0.2) is 52.9 Å². The Balaban J connectivity index is 1.55. The Hall–Kier alpha value is -2.90. The highest BCUT2D eigenvalue weighted by molar-refractivity contribution is 5.88. The van der Waals surface area contributed by atoms with E-state index < -0.39 is 0 Å². The standard InChI is InChI=1S/C17H20N6O2/c1-3-24-13-5-4-6-18-15(13)22-7-9-23(10-8-22)16-14-12(2)21-25-17(14)20-11-19-16/h4-6,11H,3,7-10H2,1-2H3. The highest BCUT2D eigenvalue weighted by Gasteiger charge is 2.24. The Morgan fingerprint density at radius 1 is 1.08 bits per heavy atom. The lowest BCUT2D eigenvalue weighted by Gasteiger charge is -2.36. The molecule has 0 bridgehead atoms. The molecule has 0 radical (unpaired) electrons. The molecule has 25 heavy (non-hydrogen) atoms. The van der Waals surface area contributed by atoms with E-state index in [1.807, 2.05) is 26.0 Å². The molecular weight excluding hydrogens is 320 g/mol. The summed E-state index contributed by atoms with van der Waals surface area (Å²) in [5, 5.41) is 4.90. The summed E-state index contributed by atoms with van der Waals surface area (Å²) in [6, 6.07) is 3.86. The van der Waals surface area contributed by atoms with Gasteiger partial charge >= 0.3 is 0 Å². The van der Waals surface area contributed by atoms with Gasteiger partial charge in [0.15, 0.2) is 11.6 Å². The SMILES string of the molecule is CCOc1cccnc1N1CCN(c2ncnc3onc(C)c23)CC1. The zero-order valence-corrected chi connectivity index (χ0v) is 14.3. The number of hydrogen-bond acceptors (Lipinski definition) is 8. The Labute approximate surface area is 145 Å². The molecule has 0 saturated carbocycles. The first-order valence-corrected chi connectivity index (χ1v) is 8.42. The van der Waals surface area contributed by atoms with Gasteiger partial charge in [-0.05, 0) is 26.0 Å². The topological polar surface area (TPSA) is 80.4 Å². The number of pyridine rings is 1. The lowest BCUT2D eigenvalue weighted by Crippen LogP contribution is -2.47. The molecular formula is C17H20N6O2. The summed E-state index contributed by atoms with van der Waals surface area (Å²) in [6.07, 6.45) is 3.33. The van der Waals surface area contributed by atoms with Crippen molar-refractivity contribution in [2.75, 3.05) is 42.6 Å². The van der Waals surface area contributed by atoms with Crippen LogP contribution in [0.1, 0.15) is 12.6 Å². The van der Waals surface area contributed by atoms with Crippen LogP contribution in [0.4, 0.5) is 11.6 Å².